The summed E-state index contributed by atoms with van der Waals surface area (Å²) >= 11 is 0. The van der Waals surface area contributed by atoms with Crippen LogP contribution in [0.1, 0.15) is 5.56 Å². The number of pyridine rings is 1. The van der Waals surface area contributed by atoms with Crippen LogP contribution in [0.2, 0.25) is 0 Å². The van der Waals surface area contributed by atoms with Gasteiger partial charge in [0.05, 0.1) is 12.1 Å². The number of aliphatic imine (C=N–C) groups is 1. The molecule has 0 aliphatic carbocycles. The smallest absolute Gasteiger partial charge is 0.324 e. The molecule has 3 N–H and O–H groups in total. The van der Waals surface area contributed by atoms with Crippen LogP contribution >= 0.6 is 24.0 Å². The first kappa shape index (κ1) is 19.9. The number of rotatable bonds is 5. The highest BCUT2D eigenvalue weighted by atomic mass is 127. The number of para-hydroxylation sites is 1. The molecule has 1 aliphatic heterocycles. The van der Waals surface area contributed by atoms with Gasteiger partial charge in [-0.05, 0) is 17.7 Å². The van der Waals surface area contributed by atoms with Gasteiger partial charge in [-0.2, -0.15) is 0 Å². The third kappa shape index (κ3) is 4.59. The van der Waals surface area contributed by atoms with Crippen LogP contribution in [-0.2, 0) is 11.3 Å². The van der Waals surface area contributed by atoms with Crippen molar-refractivity contribution < 1.29 is 9.59 Å². The zero-order chi connectivity index (χ0) is 17.6. The minimum absolute atomic E-state index is 0. The van der Waals surface area contributed by atoms with E-state index in [1.54, 1.807) is 13.2 Å². The standard InChI is InChI=1S/C17H20N6O2.HI/c1-18-16(20-8-9-23-15(24)11-22-17(23)25)21-10-12-6-7-19-14-5-3-2-4-13(12)14;/h2-7H,8-11H2,1H3,(H,22,25)(H2,18,20,21);1H. The third-order valence-corrected chi connectivity index (χ3v) is 3.97. The van der Waals surface area contributed by atoms with E-state index in [9.17, 15) is 9.59 Å². The van der Waals surface area contributed by atoms with Crippen molar-refractivity contribution in [2.75, 3.05) is 26.7 Å². The monoisotopic (exact) mass is 468 g/mol. The van der Waals surface area contributed by atoms with Gasteiger partial charge in [-0.25, -0.2) is 4.79 Å². The molecule has 138 valence electrons. The number of carbonyl (C=O) groups is 2. The molecule has 0 spiro atoms. The molecule has 0 unspecified atom stereocenters. The Labute approximate surface area is 168 Å². The van der Waals surface area contributed by atoms with Crippen LogP contribution in [0.5, 0.6) is 0 Å². The number of aromatic nitrogens is 1. The predicted molar refractivity (Wildman–Crippen MR) is 110 cm³/mol. The molecular formula is C17H21IN6O2. The van der Waals surface area contributed by atoms with Crippen LogP contribution in [0, 0.1) is 0 Å². The fraction of sp³-hybridized carbons (Fsp3) is 0.294. The van der Waals surface area contributed by atoms with Crippen molar-refractivity contribution in [2.24, 2.45) is 4.99 Å². The molecule has 1 aromatic heterocycles. The summed E-state index contributed by atoms with van der Waals surface area (Å²) in [6, 6.07) is 9.58. The van der Waals surface area contributed by atoms with Crippen LogP contribution in [0.3, 0.4) is 0 Å². The maximum atomic E-state index is 11.5. The topological polar surface area (TPSA) is 98.7 Å². The largest absolute Gasteiger partial charge is 0.355 e. The molecule has 1 saturated heterocycles. The Morgan fingerprint density at radius 3 is 2.81 bits per heavy atom. The van der Waals surface area contributed by atoms with Crippen LogP contribution < -0.4 is 16.0 Å². The average molecular weight is 468 g/mol. The zero-order valence-electron chi connectivity index (χ0n) is 14.4. The summed E-state index contributed by atoms with van der Waals surface area (Å²) in [5, 5.41) is 9.92. The summed E-state index contributed by atoms with van der Waals surface area (Å²) in [5.41, 5.74) is 2.06. The number of halogens is 1. The lowest BCUT2D eigenvalue weighted by atomic mass is 10.1. The van der Waals surface area contributed by atoms with Gasteiger partial charge in [0.15, 0.2) is 5.96 Å². The van der Waals surface area contributed by atoms with Crippen LogP contribution in [0.4, 0.5) is 4.79 Å². The summed E-state index contributed by atoms with van der Waals surface area (Å²) in [7, 11) is 1.67. The van der Waals surface area contributed by atoms with Gasteiger partial charge < -0.3 is 16.0 Å². The van der Waals surface area contributed by atoms with Gasteiger partial charge in [0.2, 0.25) is 5.91 Å². The number of nitrogens with one attached hydrogen (secondary N) is 3. The molecule has 0 bridgehead atoms. The number of urea groups is 1. The first-order chi connectivity index (χ1) is 12.2. The van der Waals surface area contributed by atoms with E-state index in [4.69, 9.17) is 0 Å². The van der Waals surface area contributed by atoms with E-state index in [0.717, 1.165) is 16.5 Å². The molecule has 2 heterocycles. The molecule has 2 aromatic rings. The van der Waals surface area contributed by atoms with Crippen LogP contribution in [-0.4, -0.2) is 54.5 Å². The number of guanidine groups is 1. The van der Waals surface area contributed by atoms with Crippen molar-refractivity contribution in [3.8, 4) is 0 Å². The highest BCUT2D eigenvalue weighted by molar-refractivity contribution is 14.0. The Balaban J connectivity index is 0.00000243. The summed E-state index contributed by atoms with van der Waals surface area (Å²) in [5.74, 6) is 0.394. The van der Waals surface area contributed by atoms with Crippen molar-refractivity contribution >= 4 is 52.8 Å². The van der Waals surface area contributed by atoms with Gasteiger partial charge >= 0.3 is 6.03 Å². The predicted octanol–water partition coefficient (Wildman–Crippen LogP) is 1.07. The molecule has 1 fully saturated rings. The molecule has 1 aliphatic rings. The third-order valence-electron chi connectivity index (χ3n) is 3.97. The molecule has 8 nitrogen and oxygen atoms in total. The minimum Gasteiger partial charge on any atom is -0.355 e. The lowest BCUT2D eigenvalue weighted by Gasteiger charge is -2.16. The first-order valence-corrected chi connectivity index (χ1v) is 8.04. The SMILES string of the molecule is CN=C(NCCN1C(=O)CNC1=O)NCc1ccnc2ccccc12.I. The quantitative estimate of drug-likeness (QED) is 0.264. The summed E-state index contributed by atoms with van der Waals surface area (Å²) in [4.78, 5) is 32.7. The Morgan fingerprint density at radius 1 is 1.27 bits per heavy atom. The number of amides is 3. The number of imide groups is 1. The van der Waals surface area contributed by atoms with E-state index < -0.39 is 0 Å². The Morgan fingerprint density at radius 2 is 2.08 bits per heavy atom. The van der Waals surface area contributed by atoms with Gasteiger partial charge in [0.1, 0.15) is 0 Å². The van der Waals surface area contributed by atoms with E-state index in [2.05, 4.69) is 25.9 Å². The molecule has 0 radical (unpaired) electrons. The van der Waals surface area contributed by atoms with E-state index >= 15 is 0 Å². The number of carbonyl (C=O) groups excluding carboxylic acids is 2. The average Bonchev–Trinajstić information content (AvgIpc) is 2.96. The summed E-state index contributed by atoms with van der Waals surface area (Å²) < 4.78 is 0. The van der Waals surface area contributed by atoms with Crippen molar-refractivity contribution in [2.45, 2.75) is 6.54 Å². The van der Waals surface area contributed by atoms with Crippen LogP contribution in [0.25, 0.3) is 10.9 Å². The fourth-order valence-electron chi connectivity index (χ4n) is 2.68. The van der Waals surface area contributed by atoms with Gasteiger partial charge in [-0.15, -0.1) is 24.0 Å². The Hall–Kier alpha value is -2.43. The summed E-state index contributed by atoms with van der Waals surface area (Å²) in [6.07, 6.45) is 1.78. The van der Waals surface area contributed by atoms with Gasteiger partial charge in [0.25, 0.3) is 0 Å². The fourth-order valence-corrected chi connectivity index (χ4v) is 2.68. The number of hydrogen-bond acceptors (Lipinski definition) is 4. The van der Waals surface area contributed by atoms with Crippen molar-refractivity contribution in [3.63, 3.8) is 0 Å². The zero-order valence-corrected chi connectivity index (χ0v) is 16.7. The number of benzene rings is 1. The highest BCUT2D eigenvalue weighted by Gasteiger charge is 2.27. The highest BCUT2D eigenvalue weighted by Crippen LogP contribution is 2.15. The van der Waals surface area contributed by atoms with Crippen molar-refractivity contribution in [1.29, 1.82) is 0 Å². The Bertz CT molecular complexity index is 805. The lowest BCUT2D eigenvalue weighted by molar-refractivity contribution is -0.124. The lowest BCUT2D eigenvalue weighted by Crippen LogP contribution is -2.43. The van der Waals surface area contributed by atoms with Gasteiger partial charge in [0, 0.05) is 38.3 Å². The van der Waals surface area contributed by atoms with Crippen LogP contribution in [0.15, 0.2) is 41.5 Å². The molecule has 0 saturated carbocycles. The molecular weight excluding hydrogens is 447 g/mol. The molecule has 26 heavy (non-hydrogen) atoms. The van der Waals surface area contributed by atoms with Gasteiger partial charge in [-0.1, -0.05) is 18.2 Å². The molecule has 3 rings (SSSR count). The molecule has 0 atom stereocenters. The maximum absolute atomic E-state index is 11.5. The second-order valence-electron chi connectivity index (χ2n) is 5.54. The normalized spacial score (nSPS) is 14.2. The number of fused-ring (bicyclic) bond motifs is 1. The number of nitrogens with zero attached hydrogens (tertiary/aromatic N) is 3. The minimum atomic E-state index is -0.349. The second kappa shape index (κ2) is 9.32. The van der Waals surface area contributed by atoms with Gasteiger partial charge in [-0.3, -0.25) is 19.7 Å². The van der Waals surface area contributed by atoms with E-state index in [-0.39, 0.29) is 42.5 Å². The van der Waals surface area contributed by atoms with E-state index in [1.165, 1.54) is 4.90 Å². The van der Waals surface area contributed by atoms with E-state index in [0.29, 0.717) is 25.6 Å². The van der Waals surface area contributed by atoms with E-state index in [1.807, 2.05) is 30.3 Å². The maximum Gasteiger partial charge on any atom is 0.324 e. The first-order valence-electron chi connectivity index (χ1n) is 8.04. The molecule has 1 aromatic carbocycles. The molecule has 9 heteroatoms. The number of hydrogen-bond donors (Lipinski definition) is 3. The van der Waals surface area contributed by atoms with Crippen molar-refractivity contribution in [1.82, 2.24) is 25.8 Å². The second-order valence-corrected chi connectivity index (χ2v) is 5.54. The summed E-state index contributed by atoms with van der Waals surface area (Å²) in [6.45, 7) is 1.38. The Kier molecular flexibility index (Phi) is 7.13. The molecule has 3 amide bonds. The van der Waals surface area contributed by atoms with Crippen molar-refractivity contribution in [3.05, 3.63) is 42.1 Å².